The highest BCUT2D eigenvalue weighted by atomic mass is 15.0. The van der Waals surface area contributed by atoms with Gasteiger partial charge >= 0.3 is 0 Å². The van der Waals surface area contributed by atoms with Crippen molar-refractivity contribution in [2.24, 2.45) is 0 Å². The highest BCUT2D eigenvalue weighted by Gasteiger charge is 2.07. The van der Waals surface area contributed by atoms with E-state index in [-0.39, 0.29) is 11.1 Å². The van der Waals surface area contributed by atoms with Crippen molar-refractivity contribution in [3.8, 4) is 0 Å². The maximum atomic E-state index is 3.47. The van der Waals surface area contributed by atoms with Gasteiger partial charge in [0.15, 0.2) is 0 Å². The Labute approximate surface area is 150 Å². The lowest BCUT2D eigenvalue weighted by molar-refractivity contribution is 0.420. The van der Waals surface area contributed by atoms with Gasteiger partial charge in [-0.2, -0.15) is 0 Å². The molecule has 0 aromatic carbocycles. The first-order valence-corrected chi connectivity index (χ1v) is 9.54. The molecule has 0 aliphatic heterocycles. The average Bonchev–Trinajstić information content (AvgIpc) is 2.44. The van der Waals surface area contributed by atoms with Crippen molar-refractivity contribution in [2.75, 3.05) is 65.4 Å². The molecule has 0 unspecified atom stereocenters. The van der Waals surface area contributed by atoms with E-state index in [9.17, 15) is 0 Å². The van der Waals surface area contributed by atoms with Crippen molar-refractivity contribution in [3.05, 3.63) is 0 Å². The Morgan fingerprint density at radius 1 is 0.375 bits per heavy atom. The molecular formula is C18H44N6. The van der Waals surface area contributed by atoms with Gasteiger partial charge in [-0.05, 0) is 41.5 Å². The van der Waals surface area contributed by atoms with Gasteiger partial charge < -0.3 is 31.9 Å². The van der Waals surface area contributed by atoms with E-state index >= 15 is 0 Å². The molecule has 0 aromatic rings. The Morgan fingerprint density at radius 2 is 0.583 bits per heavy atom. The molecule has 6 N–H and O–H groups in total. The third-order valence-electron chi connectivity index (χ3n) is 3.35. The topological polar surface area (TPSA) is 72.2 Å². The fourth-order valence-corrected chi connectivity index (χ4v) is 2.08. The standard InChI is InChI=1S/C18H44N6/c1-17(2,3)23-15-13-21-11-9-19-7-8-20-10-12-22-14-16-24-18(4,5)6/h19-24H,7-16H2,1-6H3. The zero-order valence-electron chi connectivity index (χ0n) is 17.1. The fraction of sp³-hybridized carbons (Fsp3) is 1.00. The van der Waals surface area contributed by atoms with Crippen LogP contribution in [-0.4, -0.2) is 76.5 Å². The number of nitrogens with one attached hydrogen (secondary N) is 6. The summed E-state index contributed by atoms with van der Waals surface area (Å²) in [5.41, 5.74) is 0.424. The van der Waals surface area contributed by atoms with Gasteiger partial charge in [0, 0.05) is 76.5 Å². The van der Waals surface area contributed by atoms with E-state index in [2.05, 4.69) is 73.4 Å². The highest BCUT2D eigenvalue weighted by molar-refractivity contribution is 4.71. The first-order chi connectivity index (χ1) is 11.2. The van der Waals surface area contributed by atoms with E-state index in [4.69, 9.17) is 0 Å². The van der Waals surface area contributed by atoms with Gasteiger partial charge in [0.1, 0.15) is 0 Å². The molecule has 0 radical (unpaired) electrons. The molecule has 6 heteroatoms. The van der Waals surface area contributed by atoms with Crippen molar-refractivity contribution in [3.63, 3.8) is 0 Å². The summed E-state index contributed by atoms with van der Waals surface area (Å²) >= 11 is 0. The van der Waals surface area contributed by atoms with Gasteiger partial charge in [-0.3, -0.25) is 0 Å². The van der Waals surface area contributed by atoms with E-state index in [1.54, 1.807) is 0 Å². The highest BCUT2D eigenvalue weighted by Crippen LogP contribution is 1.96. The van der Waals surface area contributed by atoms with E-state index in [1.165, 1.54) is 0 Å². The molecule has 0 aliphatic carbocycles. The molecule has 0 aliphatic rings. The molecule has 24 heavy (non-hydrogen) atoms. The first kappa shape index (κ1) is 23.8. The summed E-state index contributed by atoms with van der Waals surface area (Å²) in [6, 6.07) is 0. The molecule has 0 fully saturated rings. The van der Waals surface area contributed by atoms with E-state index in [0.717, 1.165) is 65.4 Å². The molecule has 0 amide bonds. The molecular weight excluding hydrogens is 300 g/mol. The molecule has 0 spiro atoms. The molecule has 0 aromatic heterocycles. The van der Waals surface area contributed by atoms with E-state index < -0.39 is 0 Å². The Balaban J connectivity index is 3.08. The average molecular weight is 345 g/mol. The zero-order chi connectivity index (χ0) is 18.3. The molecule has 0 saturated heterocycles. The third-order valence-corrected chi connectivity index (χ3v) is 3.35. The van der Waals surface area contributed by atoms with Crippen LogP contribution in [-0.2, 0) is 0 Å². The maximum Gasteiger partial charge on any atom is 0.00970 e. The van der Waals surface area contributed by atoms with Crippen LogP contribution in [0.2, 0.25) is 0 Å². The second kappa shape index (κ2) is 14.0. The predicted molar refractivity (Wildman–Crippen MR) is 107 cm³/mol. The minimum Gasteiger partial charge on any atom is -0.314 e. The second-order valence-corrected chi connectivity index (χ2v) is 8.35. The summed E-state index contributed by atoms with van der Waals surface area (Å²) < 4.78 is 0. The van der Waals surface area contributed by atoms with Crippen LogP contribution in [0.1, 0.15) is 41.5 Å². The number of hydrogen-bond acceptors (Lipinski definition) is 6. The first-order valence-electron chi connectivity index (χ1n) is 9.54. The monoisotopic (exact) mass is 344 g/mol. The largest absolute Gasteiger partial charge is 0.314 e. The Morgan fingerprint density at radius 3 is 0.792 bits per heavy atom. The second-order valence-electron chi connectivity index (χ2n) is 8.35. The van der Waals surface area contributed by atoms with Gasteiger partial charge in [0.05, 0.1) is 0 Å². The molecule has 0 heterocycles. The van der Waals surface area contributed by atoms with Crippen LogP contribution in [0.3, 0.4) is 0 Å². The Kier molecular flexibility index (Phi) is 13.8. The number of hydrogen-bond donors (Lipinski definition) is 6. The lowest BCUT2D eigenvalue weighted by atomic mass is 10.1. The van der Waals surface area contributed by atoms with Gasteiger partial charge in [0.2, 0.25) is 0 Å². The minimum absolute atomic E-state index is 0.212. The molecule has 146 valence electrons. The molecule has 0 saturated carbocycles. The fourth-order valence-electron chi connectivity index (χ4n) is 2.08. The van der Waals surface area contributed by atoms with Crippen molar-refractivity contribution < 1.29 is 0 Å². The third kappa shape index (κ3) is 21.8. The lowest BCUT2D eigenvalue weighted by Crippen LogP contribution is -2.42. The van der Waals surface area contributed by atoms with Crippen LogP contribution in [0, 0.1) is 0 Å². The van der Waals surface area contributed by atoms with Crippen molar-refractivity contribution in [2.45, 2.75) is 52.6 Å². The van der Waals surface area contributed by atoms with Crippen LogP contribution in [0.15, 0.2) is 0 Å². The number of rotatable bonds is 15. The van der Waals surface area contributed by atoms with Crippen molar-refractivity contribution in [1.82, 2.24) is 31.9 Å². The SMILES string of the molecule is CC(C)(C)NCCNCCNCCNCCNCCNC(C)(C)C. The van der Waals surface area contributed by atoms with Crippen molar-refractivity contribution in [1.29, 1.82) is 0 Å². The van der Waals surface area contributed by atoms with Crippen molar-refractivity contribution >= 4 is 0 Å². The van der Waals surface area contributed by atoms with Crippen LogP contribution >= 0.6 is 0 Å². The normalized spacial score (nSPS) is 12.8. The summed E-state index contributed by atoms with van der Waals surface area (Å²) in [4.78, 5) is 0. The summed E-state index contributed by atoms with van der Waals surface area (Å²) in [5.74, 6) is 0. The predicted octanol–water partition coefficient (Wildman–Crippen LogP) is 0.121. The molecule has 0 bridgehead atoms. The summed E-state index contributed by atoms with van der Waals surface area (Å²) in [5, 5.41) is 20.7. The minimum atomic E-state index is 0.212. The molecule has 6 nitrogen and oxygen atoms in total. The quantitative estimate of drug-likeness (QED) is 0.237. The zero-order valence-corrected chi connectivity index (χ0v) is 17.1. The van der Waals surface area contributed by atoms with Gasteiger partial charge in [-0.15, -0.1) is 0 Å². The van der Waals surface area contributed by atoms with E-state index in [1.807, 2.05) is 0 Å². The Bertz CT molecular complexity index is 242. The lowest BCUT2D eigenvalue weighted by Gasteiger charge is -2.20. The molecule has 0 atom stereocenters. The summed E-state index contributed by atoms with van der Waals surface area (Å²) in [6.07, 6.45) is 0. The smallest absolute Gasteiger partial charge is 0.00970 e. The molecule has 0 rings (SSSR count). The Hall–Kier alpha value is -0.240. The van der Waals surface area contributed by atoms with Crippen LogP contribution in [0.25, 0.3) is 0 Å². The van der Waals surface area contributed by atoms with E-state index in [0.29, 0.717) is 0 Å². The van der Waals surface area contributed by atoms with Gasteiger partial charge in [-0.25, -0.2) is 0 Å². The van der Waals surface area contributed by atoms with Gasteiger partial charge in [-0.1, -0.05) is 0 Å². The summed E-state index contributed by atoms with van der Waals surface area (Å²) in [7, 11) is 0. The van der Waals surface area contributed by atoms with Crippen LogP contribution in [0.4, 0.5) is 0 Å². The summed E-state index contributed by atoms with van der Waals surface area (Å²) in [6.45, 7) is 23.4. The van der Waals surface area contributed by atoms with Crippen LogP contribution in [0.5, 0.6) is 0 Å². The van der Waals surface area contributed by atoms with Crippen LogP contribution < -0.4 is 31.9 Å². The maximum absolute atomic E-state index is 3.47. The van der Waals surface area contributed by atoms with Gasteiger partial charge in [0.25, 0.3) is 0 Å².